The maximum absolute atomic E-state index is 12.3. The molecule has 0 radical (unpaired) electrons. The summed E-state index contributed by atoms with van der Waals surface area (Å²) in [4.78, 5) is 0.108. The van der Waals surface area contributed by atoms with Gasteiger partial charge in [-0.05, 0) is 26.0 Å². The van der Waals surface area contributed by atoms with Crippen molar-refractivity contribution < 1.29 is 17.4 Å². The second kappa shape index (κ2) is 5.58. The van der Waals surface area contributed by atoms with Gasteiger partial charge in [0.05, 0.1) is 0 Å². The minimum absolute atomic E-state index is 0.108. The van der Waals surface area contributed by atoms with Crippen LogP contribution in [0.2, 0.25) is 0 Å². The largest absolute Gasteiger partial charge is 0.461 e. The lowest BCUT2D eigenvalue weighted by atomic mass is 10.2. The maximum atomic E-state index is 12.3. The first-order valence-electron chi connectivity index (χ1n) is 6.87. The Bertz CT molecular complexity index is 856. The zero-order valence-corrected chi connectivity index (χ0v) is 13.1. The highest BCUT2D eigenvalue weighted by Gasteiger charge is 2.23. The minimum Gasteiger partial charge on any atom is -0.461 e. The third kappa shape index (κ3) is 2.77. The van der Waals surface area contributed by atoms with Crippen LogP contribution in [0.4, 0.5) is 0 Å². The van der Waals surface area contributed by atoms with Crippen LogP contribution in [0.3, 0.4) is 0 Å². The Morgan fingerprint density at radius 3 is 2.68 bits per heavy atom. The molecule has 0 spiro atoms. The van der Waals surface area contributed by atoms with Gasteiger partial charge in [0.25, 0.3) is 0 Å². The number of hydrogen-bond donors (Lipinski definition) is 1. The fraction of sp³-hybridized carbons (Fsp3) is 0.267. The Hall–Kier alpha value is -2.12. The summed E-state index contributed by atoms with van der Waals surface area (Å²) in [5.41, 5.74) is 1.15. The summed E-state index contributed by atoms with van der Waals surface area (Å²) in [7, 11) is -3.63. The average molecular weight is 320 g/mol. The van der Waals surface area contributed by atoms with E-state index >= 15 is 0 Å². The van der Waals surface area contributed by atoms with Gasteiger partial charge in [-0.15, -0.1) is 0 Å². The third-order valence-electron chi connectivity index (χ3n) is 3.38. The van der Waals surface area contributed by atoms with Crippen molar-refractivity contribution >= 4 is 21.0 Å². The predicted octanol–water partition coefficient (Wildman–Crippen LogP) is 2.56. The zero-order chi connectivity index (χ0) is 15.7. The number of sulfonamides is 1. The Morgan fingerprint density at radius 2 is 2.00 bits per heavy atom. The van der Waals surface area contributed by atoms with Gasteiger partial charge in [-0.25, -0.2) is 13.1 Å². The Labute approximate surface area is 128 Å². The van der Waals surface area contributed by atoms with E-state index < -0.39 is 10.0 Å². The van der Waals surface area contributed by atoms with Crippen molar-refractivity contribution in [2.75, 3.05) is 6.54 Å². The van der Waals surface area contributed by atoms with Crippen LogP contribution >= 0.6 is 0 Å². The summed E-state index contributed by atoms with van der Waals surface area (Å²) >= 11 is 0. The van der Waals surface area contributed by atoms with Crippen LogP contribution in [0, 0.1) is 13.8 Å². The summed E-state index contributed by atoms with van der Waals surface area (Å²) in [6.45, 7) is 3.42. The van der Waals surface area contributed by atoms with Crippen LogP contribution < -0.4 is 4.72 Å². The van der Waals surface area contributed by atoms with E-state index in [1.807, 2.05) is 30.3 Å². The van der Waals surface area contributed by atoms with Crippen molar-refractivity contribution in [1.82, 2.24) is 9.88 Å². The van der Waals surface area contributed by atoms with Crippen LogP contribution in [0.1, 0.15) is 17.2 Å². The van der Waals surface area contributed by atoms with E-state index in [4.69, 9.17) is 8.94 Å². The Balaban J connectivity index is 1.70. The molecule has 0 saturated carbocycles. The molecule has 116 valence electrons. The Kier molecular flexibility index (Phi) is 3.76. The number of para-hydroxylation sites is 1. The Morgan fingerprint density at radius 1 is 1.23 bits per heavy atom. The molecule has 3 rings (SSSR count). The molecule has 3 aromatic rings. The van der Waals surface area contributed by atoms with Crippen molar-refractivity contribution in [1.29, 1.82) is 0 Å². The van der Waals surface area contributed by atoms with Gasteiger partial charge >= 0.3 is 0 Å². The van der Waals surface area contributed by atoms with Gasteiger partial charge in [-0.1, -0.05) is 23.4 Å². The van der Waals surface area contributed by atoms with Gasteiger partial charge in [-0.2, -0.15) is 0 Å². The van der Waals surface area contributed by atoms with E-state index in [-0.39, 0.29) is 17.2 Å². The van der Waals surface area contributed by atoms with Crippen molar-refractivity contribution in [2.24, 2.45) is 0 Å². The second-order valence-corrected chi connectivity index (χ2v) is 6.76. The summed E-state index contributed by atoms with van der Waals surface area (Å²) in [5.74, 6) is 1.02. The number of benzene rings is 1. The topological polar surface area (TPSA) is 85.3 Å². The number of nitrogens with one attached hydrogen (secondary N) is 1. The molecule has 22 heavy (non-hydrogen) atoms. The lowest BCUT2D eigenvalue weighted by Crippen LogP contribution is -2.26. The van der Waals surface area contributed by atoms with E-state index in [0.717, 1.165) is 16.7 Å². The quantitative estimate of drug-likeness (QED) is 0.781. The molecule has 0 saturated heterocycles. The summed E-state index contributed by atoms with van der Waals surface area (Å²) in [6.07, 6.45) is 0.470. The highest BCUT2D eigenvalue weighted by atomic mass is 32.2. The number of fused-ring (bicyclic) bond motifs is 1. The molecule has 7 heteroatoms. The molecule has 0 aliphatic carbocycles. The van der Waals surface area contributed by atoms with E-state index in [1.54, 1.807) is 13.8 Å². The number of aryl methyl sites for hydroxylation is 2. The van der Waals surface area contributed by atoms with Crippen molar-refractivity contribution in [3.8, 4) is 0 Å². The number of nitrogens with zero attached hydrogens (tertiary/aromatic N) is 1. The zero-order valence-electron chi connectivity index (χ0n) is 12.3. The van der Waals surface area contributed by atoms with Crippen LogP contribution in [0.15, 0.2) is 44.2 Å². The fourth-order valence-electron chi connectivity index (χ4n) is 2.40. The van der Waals surface area contributed by atoms with Crippen molar-refractivity contribution in [2.45, 2.75) is 25.2 Å². The van der Waals surface area contributed by atoms with Gasteiger partial charge in [0, 0.05) is 18.4 Å². The molecule has 0 atom stereocenters. The van der Waals surface area contributed by atoms with E-state index in [2.05, 4.69) is 9.88 Å². The highest BCUT2D eigenvalue weighted by molar-refractivity contribution is 7.89. The number of hydrogen-bond acceptors (Lipinski definition) is 5. The molecule has 2 heterocycles. The first kappa shape index (κ1) is 14.8. The average Bonchev–Trinajstić information content (AvgIpc) is 3.01. The second-order valence-electron chi connectivity index (χ2n) is 5.05. The summed E-state index contributed by atoms with van der Waals surface area (Å²) in [5, 5.41) is 4.67. The van der Waals surface area contributed by atoms with Gasteiger partial charge in [0.1, 0.15) is 21.9 Å². The molecular formula is C15H16N2O4S. The molecule has 0 unspecified atom stereocenters. The van der Waals surface area contributed by atoms with Gasteiger partial charge in [0.15, 0.2) is 5.76 Å². The summed E-state index contributed by atoms with van der Waals surface area (Å²) < 4.78 is 37.6. The molecule has 6 nitrogen and oxygen atoms in total. The number of furan rings is 1. The van der Waals surface area contributed by atoms with Crippen molar-refractivity contribution in [3.05, 3.63) is 47.5 Å². The monoisotopic (exact) mass is 320 g/mol. The molecule has 1 N–H and O–H groups in total. The van der Waals surface area contributed by atoms with Crippen LogP contribution in [-0.2, 0) is 16.4 Å². The van der Waals surface area contributed by atoms with Gasteiger partial charge in [-0.3, -0.25) is 0 Å². The molecule has 1 aromatic carbocycles. The standard InChI is InChI=1S/C15H16N2O4S/c1-10-15(11(2)21-17-10)22(18,19)16-8-7-13-9-12-5-3-4-6-14(12)20-13/h3-6,9,16H,7-8H2,1-2H3. The number of rotatable bonds is 5. The van der Waals surface area contributed by atoms with Crippen LogP contribution in [0.5, 0.6) is 0 Å². The first-order chi connectivity index (χ1) is 10.5. The smallest absolute Gasteiger partial charge is 0.245 e. The van der Waals surface area contributed by atoms with Gasteiger partial charge < -0.3 is 8.94 Å². The molecule has 0 fully saturated rings. The van der Waals surface area contributed by atoms with E-state index in [9.17, 15) is 8.42 Å². The molecule has 0 aliphatic heterocycles. The van der Waals surface area contributed by atoms with Crippen LogP contribution in [0.25, 0.3) is 11.0 Å². The predicted molar refractivity (Wildman–Crippen MR) is 81.1 cm³/mol. The molecule has 2 aromatic heterocycles. The molecule has 0 bridgehead atoms. The third-order valence-corrected chi connectivity index (χ3v) is 5.08. The van der Waals surface area contributed by atoms with E-state index in [0.29, 0.717) is 12.1 Å². The van der Waals surface area contributed by atoms with Crippen molar-refractivity contribution in [3.63, 3.8) is 0 Å². The van der Waals surface area contributed by atoms with Gasteiger partial charge in [0.2, 0.25) is 10.0 Å². The lowest BCUT2D eigenvalue weighted by Gasteiger charge is -2.04. The lowest BCUT2D eigenvalue weighted by molar-refractivity contribution is 0.390. The fourth-order valence-corrected chi connectivity index (χ4v) is 3.76. The maximum Gasteiger partial charge on any atom is 0.245 e. The molecule has 0 aliphatic rings. The first-order valence-corrected chi connectivity index (χ1v) is 8.36. The molecule has 0 amide bonds. The van der Waals surface area contributed by atoms with Crippen LogP contribution in [-0.4, -0.2) is 20.1 Å². The number of aromatic nitrogens is 1. The highest BCUT2D eigenvalue weighted by Crippen LogP contribution is 2.20. The normalized spacial score (nSPS) is 12.1. The molecular weight excluding hydrogens is 304 g/mol. The summed E-state index contributed by atoms with van der Waals surface area (Å²) in [6, 6.07) is 9.58. The van der Waals surface area contributed by atoms with E-state index in [1.165, 1.54) is 0 Å². The minimum atomic E-state index is -3.63. The SMILES string of the molecule is Cc1noc(C)c1S(=O)(=O)NCCc1cc2ccccc2o1.